The summed E-state index contributed by atoms with van der Waals surface area (Å²) in [6.45, 7) is 12.8. The second-order valence-electron chi connectivity index (χ2n) is 5.02. The van der Waals surface area contributed by atoms with Gasteiger partial charge in [-0.2, -0.15) is 0 Å². The van der Waals surface area contributed by atoms with Gasteiger partial charge in [0.15, 0.2) is 0 Å². The topological polar surface area (TPSA) is 9.72 Å². The van der Waals surface area contributed by atoms with Gasteiger partial charge in [0.2, 0.25) is 0 Å². The lowest BCUT2D eigenvalue weighted by Gasteiger charge is -2.38. The van der Waals surface area contributed by atoms with Crippen LogP contribution in [0.25, 0.3) is 0 Å². The molecular formula is C7H21B2N3Si. The van der Waals surface area contributed by atoms with Crippen molar-refractivity contribution >= 4 is 22.2 Å². The largest absolute Gasteiger partial charge is 0.358 e. The highest BCUT2D eigenvalue weighted by Crippen LogP contribution is 2.23. The number of rotatable bonds is 1. The first kappa shape index (κ1) is 11.3. The summed E-state index contributed by atoms with van der Waals surface area (Å²) in [5, 5.41) is 0. The van der Waals surface area contributed by atoms with Crippen molar-refractivity contribution in [3.8, 4) is 0 Å². The van der Waals surface area contributed by atoms with Crippen LogP contribution in [0, 0.1) is 0 Å². The minimum Gasteiger partial charge on any atom is -0.358 e. The van der Waals surface area contributed by atoms with Crippen LogP contribution in [0.15, 0.2) is 0 Å². The molecule has 0 amide bonds. The van der Waals surface area contributed by atoms with Crippen LogP contribution in [0.3, 0.4) is 0 Å². The Bertz CT molecular complexity index is 183. The molecule has 1 aliphatic rings. The first-order chi connectivity index (χ1) is 5.76. The first-order valence-corrected chi connectivity index (χ1v) is 8.45. The van der Waals surface area contributed by atoms with Crippen LogP contribution in [0.5, 0.6) is 0 Å². The second-order valence-corrected chi connectivity index (χ2v) is 9.82. The fraction of sp³-hybridized carbons (Fsp3) is 1.00. The molecule has 1 saturated heterocycles. The number of hydrogen-bond donors (Lipinski definition) is 0. The fourth-order valence-corrected chi connectivity index (χ4v) is 4.64. The molecule has 0 saturated carbocycles. The van der Waals surface area contributed by atoms with Gasteiger partial charge in [0.05, 0.1) is 0 Å². The highest BCUT2D eigenvalue weighted by atomic mass is 28.3. The lowest BCUT2D eigenvalue weighted by Crippen LogP contribution is -2.57. The van der Waals surface area contributed by atoms with E-state index in [-0.39, 0.29) is 0 Å². The second kappa shape index (κ2) is 3.42. The standard InChI is InChI=1S/C7H21B2N3Si/c1-8-10(3)9(2)12(11(8)4)13(5,6)7/h1-7H3. The van der Waals surface area contributed by atoms with Crippen molar-refractivity contribution in [2.75, 3.05) is 14.1 Å². The zero-order valence-electron chi connectivity index (χ0n) is 10.00. The molecule has 0 spiro atoms. The quantitative estimate of drug-likeness (QED) is 0.583. The lowest BCUT2D eigenvalue weighted by atomic mass is 9.68. The Morgan fingerprint density at radius 3 is 1.54 bits per heavy atom. The van der Waals surface area contributed by atoms with E-state index in [1.54, 1.807) is 0 Å². The monoisotopic (exact) mass is 197 g/mol. The molecule has 0 unspecified atom stereocenters. The van der Waals surface area contributed by atoms with Gasteiger partial charge < -0.3 is 4.72 Å². The molecule has 0 radical (unpaired) electrons. The van der Waals surface area contributed by atoms with Crippen LogP contribution in [-0.2, 0) is 0 Å². The summed E-state index contributed by atoms with van der Waals surface area (Å²) in [4.78, 5) is 2.39. The van der Waals surface area contributed by atoms with E-state index in [1.165, 1.54) is 0 Å². The van der Waals surface area contributed by atoms with E-state index in [9.17, 15) is 0 Å². The summed E-state index contributed by atoms with van der Waals surface area (Å²) in [5.41, 5.74) is 0. The average molecular weight is 197 g/mol. The van der Waals surface area contributed by atoms with Crippen LogP contribution < -0.4 is 0 Å². The normalized spacial score (nSPS) is 23.3. The number of hydrazine groups is 1. The fourth-order valence-electron chi connectivity index (χ4n) is 2.23. The van der Waals surface area contributed by atoms with Gasteiger partial charge in [-0.1, -0.05) is 33.3 Å². The molecular weight excluding hydrogens is 176 g/mol. The van der Waals surface area contributed by atoms with E-state index < -0.39 is 8.24 Å². The Labute approximate surface area is 84.4 Å². The van der Waals surface area contributed by atoms with E-state index in [1.807, 2.05) is 0 Å². The van der Waals surface area contributed by atoms with Crippen molar-refractivity contribution in [1.82, 2.24) is 14.2 Å². The molecule has 1 rings (SSSR count). The predicted octanol–water partition coefficient (Wildman–Crippen LogP) is 1.15. The Morgan fingerprint density at radius 2 is 1.38 bits per heavy atom. The van der Waals surface area contributed by atoms with Gasteiger partial charge in [-0.25, -0.2) is 0 Å². The van der Waals surface area contributed by atoms with Crippen LogP contribution in [-0.4, -0.2) is 50.5 Å². The molecule has 6 heteroatoms. The number of nitrogens with zero attached hydrogens (tertiary/aromatic N) is 3. The van der Waals surface area contributed by atoms with Gasteiger partial charge in [-0.15, -0.1) is 0 Å². The van der Waals surface area contributed by atoms with Crippen LogP contribution >= 0.6 is 0 Å². The van der Waals surface area contributed by atoms with Crippen molar-refractivity contribution in [3.63, 3.8) is 0 Å². The van der Waals surface area contributed by atoms with Crippen LogP contribution in [0.1, 0.15) is 0 Å². The van der Waals surface area contributed by atoms with Crippen molar-refractivity contribution in [3.05, 3.63) is 0 Å². The molecule has 0 bridgehead atoms. The molecule has 0 atom stereocenters. The van der Waals surface area contributed by atoms with E-state index in [0.29, 0.717) is 14.0 Å². The molecule has 0 aromatic heterocycles. The molecule has 0 N–H and O–H groups in total. The Morgan fingerprint density at radius 1 is 0.923 bits per heavy atom. The van der Waals surface area contributed by atoms with Gasteiger partial charge in [0.1, 0.15) is 8.24 Å². The molecule has 74 valence electrons. The maximum Gasteiger partial charge on any atom is 0.309 e. The minimum absolute atomic E-state index is 0.529. The van der Waals surface area contributed by atoms with Crippen molar-refractivity contribution in [2.45, 2.75) is 33.3 Å². The Balaban J connectivity index is 2.88. The van der Waals surface area contributed by atoms with Gasteiger partial charge in [0, 0.05) is 0 Å². The van der Waals surface area contributed by atoms with Gasteiger partial charge in [0.25, 0.3) is 0 Å². The number of hydrogen-bond acceptors (Lipinski definition) is 3. The molecule has 1 fully saturated rings. The third-order valence-electron chi connectivity index (χ3n) is 3.10. The summed E-state index contributed by atoms with van der Waals surface area (Å²) in [7, 11) is 3.18. The highest BCUT2D eigenvalue weighted by Gasteiger charge is 2.46. The zero-order valence-corrected chi connectivity index (χ0v) is 11.0. The third-order valence-corrected chi connectivity index (χ3v) is 5.16. The molecule has 0 aromatic carbocycles. The molecule has 0 aliphatic carbocycles. The summed E-state index contributed by atoms with van der Waals surface area (Å²) in [6.07, 6.45) is 0. The lowest BCUT2D eigenvalue weighted by molar-refractivity contribution is 0.313. The summed E-state index contributed by atoms with van der Waals surface area (Å²) >= 11 is 0. The van der Waals surface area contributed by atoms with Crippen molar-refractivity contribution in [1.29, 1.82) is 0 Å². The summed E-state index contributed by atoms with van der Waals surface area (Å²) in [6, 6.07) is 0. The van der Waals surface area contributed by atoms with E-state index in [4.69, 9.17) is 0 Å². The summed E-state index contributed by atoms with van der Waals surface area (Å²) < 4.78 is 4.98. The smallest absolute Gasteiger partial charge is 0.309 e. The van der Waals surface area contributed by atoms with Crippen molar-refractivity contribution < 1.29 is 0 Å². The van der Waals surface area contributed by atoms with E-state index >= 15 is 0 Å². The minimum atomic E-state index is -1.22. The van der Waals surface area contributed by atoms with Crippen molar-refractivity contribution in [2.24, 2.45) is 0 Å². The maximum absolute atomic E-state index is 2.57. The van der Waals surface area contributed by atoms with Crippen LogP contribution in [0.2, 0.25) is 33.3 Å². The van der Waals surface area contributed by atoms with Gasteiger partial charge in [-0.3, -0.25) is 9.51 Å². The van der Waals surface area contributed by atoms with E-state index in [2.05, 4.69) is 61.6 Å². The van der Waals surface area contributed by atoms with Gasteiger partial charge in [-0.05, 0) is 14.1 Å². The predicted molar refractivity (Wildman–Crippen MR) is 63.9 cm³/mol. The van der Waals surface area contributed by atoms with Crippen LogP contribution in [0.4, 0.5) is 0 Å². The molecule has 3 nitrogen and oxygen atoms in total. The molecule has 1 aliphatic heterocycles. The Hall–Kier alpha value is 0.227. The van der Waals surface area contributed by atoms with Gasteiger partial charge >= 0.3 is 14.0 Å². The summed E-state index contributed by atoms with van der Waals surface area (Å²) in [5.74, 6) is 0. The maximum atomic E-state index is 2.57. The molecule has 13 heavy (non-hydrogen) atoms. The Kier molecular flexibility index (Phi) is 2.97. The average Bonchev–Trinajstić information content (AvgIpc) is 2.14. The van der Waals surface area contributed by atoms with E-state index in [0.717, 1.165) is 0 Å². The highest BCUT2D eigenvalue weighted by molar-refractivity contribution is 6.87. The molecule has 1 heterocycles. The third kappa shape index (κ3) is 1.86. The molecule has 0 aromatic rings. The zero-order chi connectivity index (χ0) is 10.4. The first-order valence-electron chi connectivity index (χ1n) is 5.01. The SMILES string of the molecule is CB1N(C)B(C)N([Si](C)(C)C)N1C.